The minimum Gasteiger partial charge on any atom is -0.600 e. The number of carbonyl (C=O) groups is 1. The van der Waals surface area contributed by atoms with Crippen molar-refractivity contribution in [3.05, 3.63) is 21.3 Å². The van der Waals surface area contributed by atoms with E-state index in [9.17, 15) is 15.2 Å². The summed E-state index contributed by atoms with van der Waals surface area (Å²) in [7, 11) is 4.43. The average Bonchev–Trinajstić information content (AvgIpc) is 2.53. The van der Waals surface area contributed by atoms with Crippen LogP contribution in [0.15, 0.2) is 10.5 Å². The number of benzene rings is 1. The molecule has 2 rings (SSSR count). The number of hydroxylamine groups is 2. The fraction of sp³-hybridized carbons (Fsp3) is 0.500. The van der Waals surface area contributed by atoms with E-state index >= 15 is 0 Å². The Morgan fingerprint density at radius 3 is 2.48 bits per heavy atom. The lowest BCUT2D eigenvalue weighted by Crippen LogP contribution is -3.10. The van der Waals surface area contributed by atoms with Crippen LogP contribution in [-0.2, 0) is 4.79 Å². The van der Waals surface area contributed by atoms with Crippen molar-refractivity contribution >= 4 is 21.8 Å². The Kier molecular flexibility index (Phi) is 5.69. The molecule has 0 saturated carbocycles. The molecule has 1 heterocycles. The van der Waals surface area contributed by atoms with E-state index < -0.39 is 17.3 Å². The molecule has 0 radical (unpaired) electrons. The number of rotatable bonds is 5. The first-order valence-corrected chi connectivity index (χ1v) is 7.74. The Hall–Kier alpha value is -1.55. The molecule has 0 bridgehead atoms. The number of methoxy groups -OCH3 is 3. The van der Waals surface area contributed by atoms with Gasteiger partial charge in [-0.2, -0.15) is 0 Å². The smallest absolute Gasteiger partial charge is 0.220 e. The second kappa shape index (κ2) is 7.35. The van der Waals surface area contributed by atoms with Gasteiger partial charge in [0.25, 0.3) is 0 Å². The van der Waals surface area contributed by atoms with Gasteiger partial charge in [0, 0.05) is 18.4 Å². The van der Waals surface area contributed by atoms with Crippen molar-refractivity contribution in [3.63, 3.8) is 0 Å². The molecule has 128 valence electrons. The fourth-order valence-corrected chi connectivity index (χ4v) is 3.43. The van der Waals surface area contributed by atoms with Crippen molar-refractivity contribution in [2.75, 3.05) is 21.3 Å². The Labute approximate surface area is 142 Å². The molecule has 1 aliphatic heterocycles. The molecule has 8 nitrogen and oxygen atoms in total. The van der Waals surface area contributed by atoms with E-state index in [-0.39, 0.29) is 18.7 Å². The molecule has 0 aromatic heterocycles. The highest BCUT2D eigenvalue weighted by atomic mass is 79.9. The van der Waals surface area contributed by atoms with Gasteiger partial charge in [-0.15, -0.1) is 0 Å². The molecule has 1 aliphatic rings. The van der Waals surface area contributed by atoms with Gasteiger partial charge in [-0.3, -0.25) is 4.79 Å². The minimum atomic E-state index is -0.962. The van der Waals surface area contributed by atoms with Crippen LogP contribution < -0.4 is 24.8 Å². The van der Waals surface area contributed by atoms with Crippen molar-refractivity contribution < 1.29 is 29.4 Å². The standard InChI is InChI=1S/C14H19BrN2O6/c1-21-9-6-7(11(15)14(23-3)13(9)22-2)12-8(17(19)20)4-5-10(18)16-12/h6,8,12,17,19H,4-5H2,1-3H3,(H,16,18)/t8-,12+/m1/s1. The first-order valence-electron chi connectivity index (χ1n) is 6.95. The zero-order valence-corrected chi connectivity index (χ0v) is 14.6. The van der Waals surface area contributed by atoms with Crippen LogP contribution in [0, 0.1) is 5.21 Å². The maximum Gasteiger partial charge on any atom is 0.220 e. The Balaban J connectivity index is 2.58. The largest absolute Gasteiger partial charge is 0.600 e. The van der Waals surface area contributed by atoms with E-state index in [0.717, 1.165) is 0 Å². The predicted molar refractivity (Wildman–Crippen MR) is 83.8 cm³/mol. The average molecular weight is 391 g/mol. The number of piperidine rings is 1. The van der Waals surface area contributed by atoms with Gasteiger partial charge in [0.05, 0.1) is 25.8 Å². The summed E-state index contributed by atoms with van der Waals surface area (Å²) in [5, 5.41) is 22.8. The summed E-state index contributed by atoms with van der Waals surface area (Å²) in [5.74, 6) is 0.977. The Morgan fingerprint density at radius 2 is 1.96 bits per heavy atom. The summed E-state index contributed by atoms with van der Waals surface area (Å²) >= 11 is 3.42. The summed E-state index contributed by atoms with van der Waals surface area (Å²) in [4.78, 5) is 11.8. The third kappa shape index (κ3) is 3.37. The maximum absolute atomic E-state index is 11.8. The van der Waals surface area contributed by atoms with Crippen LogP contribution in [0.25, 0.3) is 0 Å². The van der Waals surface area contributed by atoms with Crippen LogP contribution in [-0.4, -0.2) is 38.5 Å². The van der Waals surface area contributed by atoms with Gasteiger partial charge in [-0.25, -0.2) is 10.4 Å². The van der Waals surface area contributed by atoms with Crippen molar-refractivity contribution in [2.45, 2.75) is 24.9 Å². The van der Waals surface area contributed by atoms with E-state index in [1.54, 1.807) is 6.07 Å². The fourth-order valence-electron chi connectivity index (χ4n) is 2.73. The summed E-state index contributed by atoms with van der Waals surface area (Å²) < 4.78 is 16.5. The summed E-state index contributed by atoms with van der Waals surface area (Å²) in [6.45, 7) is 0. The van der Waals surface area contributed by atoms with Crippen molar-refractivity contribution in [1.82, 2.24) is 5.32 Å². The van der Waals surface area contributed by atoms with Gasteiger partial charge in [0.2, 0.25) is 11.7 Å². The molecular weight excluding hydrogens is 372 g/mol. The van der Waals surface area contributed by atoms with Crippen LogP contribution in [0.5, 0.6) is 17.2 Å². The van der Waals surface area contributed by atoms with Gasteiger partial charge in [-0.1, -0.05) is 0 Å². The Bertz CT molecular complexity index is 595. The van der Waals surface area contributed by atoms with E-state index in [1.165, 1.54) is 21.3 Å². The van der Waals surface area contributed by atoms with Gasteiger partial charge < -0.3 is 24.7 Å². The van der Waals surface area contributed by atoms with Gasteiger partial charge >= 0.3 is 0 Å². The third-order valence-electron chi connectivity index (χ3n) is 3.85. The predicted octanol–water partition coefficient (Wildman–Crippen LogP) is 0.567. The van der Waals surface area contributed by atoms with Crippen molar-refractivity contribution in [1.29, 1.82) is 0 Å². The number of halogens is 1. The second-order valence-electron chi connectivity index (χ2n) is 5.08. The molecule has 9 heteroatoms. The summed E-state index contributed by atoms with van der Waals surface area (Å²) in [5.41, 5.74) is 0.569. The molecule has 23 heavy (non-hydrogen) atoms. The number of hydrogen-bond acceptors (Lipinski definition) is 6. The minimum absolute atomic E-state index is 0.187. The molecule has 3 atom stereocenters. The van der Waals surface area contributed by atoms with Crippen LogP contribution in [0.1, 0.15) is 24.4 Å². The SMILES string of the molecule is COc1cc([C@@H]2NC(=O)CC[C@H]2[NH+]([O-])O)c(Br)c(OC)c1OC. The number of carbonyl (C=O) groups excluding carboxylic acids is 1. The summed E-state index contributed by atoms with van der Waals surface area (Å²) in [6, 6.07) is 0.237. The Morgan fingerprint density at radius 1 is 1.30 bits per heavy atom. The monoisotopic (exact) mass is 390 g/mol. The van der Waals surface area contributed by atoms with Gasteiger partial charge in [-0.05, 0) is 22.0 Å². The molecule has 1 saturated heterocycles. The lowest BCUT2D eigenvalue weighted by Gasteiger charge is -2.36. The van der Waals surface area contributed by atoms with Crippen LogP contribution in [0.4, 0.5) is 0 Å². The van der Waals surface area contributed by atoms with Gasteiger partial charge in [0.1, 0.15) is 12.1 Å². The van der Waals surface area contributed by atoms with E-state index in [2.05, 4.69) is 21.2 Å². The molecule has 3 N–H and O–H groups in total. The highest BCUT2D eigenvalue weighted by Crippen LogP contribution is 2.47. The van der Waals surface area contributed by atoms with E-state index in [0.29, 0.717) is 27.3 Å². The van der Waals surface area contributed by atoms with Gasteiger partial charge in [0.15, 0.2) is 11.5 Å². The zero-order chi connectivity index (χ0) is 17.1. The lowest BCUT2D eigenvalue weighted by atomic mass is 9.92. The third-order valence-corrected chi connectivity index (χ3v) is 4.67. The van der Waals surface area contributed by atoms with Crippen molar-refractivity contribution in [3.8, 4) is 17.2 Å². The number of quaternary nitrogens is 1. The normalized spacial score (nSPS) is 22.3. The summed E-state index contributed by atoms with van der Waals surface area (Å²) in [6.07, 6.45) is 0.463. The van der Waals surface area contributed by atoms with Crippen molar-refractivity contribution in [2.24, 2.45) is 0 Å². The number of hydrogen-bond donors (Lipinski definition) is 3. The van der Waals surface area contributed by atoms with Crippen LogP contribution in [0.3, 0.4) is 0 Å². The topological polar surface area (TPSA) is 105 Å². The van der Waals surface area contributed by atoms with E-state index in [1.807, 2.05) is 0 Å². The lowest BCUT2D eigenvalue weighted by molar-refractivity contribution is -1.07. The molecular formula is C14H19BrN2O6. The molecule has 1 unspecified atom stereocenters. The second-order valence-corrected chi connectivity index (χ2v) is 5.87. The molecule has 0 spiro atoms. The highest BCUT2D eigenvalue weighted by molar-refractivity contribution is 9.10. The first-order chi connectivity index (χ1) is 10.9. The number of nitrogens with one attached hydrogen (secondary N) is 2. The quantitative estimate of drug-likeness (QED) is 0.634. The molecule has 1 fully saturated rings. The van der Waals surface area contributed by atoms with Crippen LogP contribution >= 0.6 is 15.9 Å². The van der Waals surface area contributed by atoms with E-state index in [4.69, 9.17) is 14.2 Å². The number of ether oxygens (including phenoxy) is 3. The molecule has 1 aromatic rings. The zero-order valence-electron chi connectivity index (χ0n) is 13.0. The number of amides is 1. The van der Waals surface area contributed by atoms with Crippen LogP contribution in [0.2, 0.25) is 0 Å². The maximum atomic E-state index is 11.8. The molecule has 1 aromatic carbocycles. The molecule has 1 amide bonds. The first kappa shape index (κ1) is 17.8. The highest BCUT2D eigenvalue weighted by Gasteiger charge is 2.37. The molecule has 0 aliphatic carbocycles.